The van der Waals surface area contributed by atoms with Gasteiger partial charge in [0.15, 0.2) is 29.3 Å². The Bertz CT molecular complexity index is 1230. The van der Waals surface area contributed by atoms with E-state index in [9.17, 15) is 14.4 Å². The highest BCUT2D eigenvalue weighted by atomic mass is 16.6. The van der Waals surface area contributed by atoms with Crippen molar-refractivity contribution in [2.24, 2.45) is 5.92 Å². The van der Waals surface area contributed by atoms with Crippen LogP contribution >= 0.6 is 0 Å². The minimum absolute atomic E-state index is 0.190. The van der Waals surface area contributed by atoms with Crippen molar-refractivity contribution in [3.8, 4) is 0 Å². The zero-order valence-electron chi connectivity index (χ0n) is 18.1. The molecule has 0 bridgehead atoms. The summed E-state index contributed by atoms with van der Waals surface area (Å²) in [4.78, 5) is 48.9. The Balaban J connectivity index is 1.37. The Morgan fingerprint density at radius 2 is 1.94 bits per heavy atom. The summed E-state index contributed by atoms with van der Waals surface area (Å²) in [6.07, 6.45) is 1.30. The van der Waals surface area contributed by atoms with E-state index in [-0.39, 0.29) is 36.7 Å². The number of aromatic nitrogens is 4. The fraction of sp³-hybridized carbons (Fsp3) is 0.333. The lowest BCUT2D eigenvalue weighted by Gasteiger charge is -2.19. The van der Waals surface area contributed by atoms with Gasteiger partial charge in [-0.25, -0.2) is 24.5 Å². The maximum atomic E-state index is 12.4. The molecule has 4 atom stereocenters. The Morgan fingerprint density at radius 1 is 1.12 bits per heavy atom. The SMILES string of the molecule is CNC(=O)NC[C@H]1O[C@@H](n2cnc3c(NC(=O)Nc4ccccc4)ncnc32)[C@@H]2OC(=O)C[C@@H]21. The van der Waals surface area contributed by atoms with E-state index in [1.807, 2.05) is 18.2 Å². The molecule has 1 aromatic carbocycles. The molecule has 0 radical (unpaired) electrons. The van der Waals surface area contributed by atoms with Crippen molar-refractivity contribution in [3.63, 3.8) is 0 Å². The van der Waals surface area contributed by atoms with E-state index in [2.05, 4.69) is 36.2 Å². The van der Waals surface area contributed by atoms with E-state index in [1.165, 1.54) is 19.7 Å². The van der Waals surface area contributed by atoms with Crippen molar-refractivity contribution < 1.29 is 23.9 Å². The fourth-order valence-electron chi connectivity index (χ4n) is 4.19. The number of fused-ring (bicyclic) bond motifs is 2. The Labute approximate surface area is 193 Å². The van der Waals surface area contributed by atoms with Crippen LogP contribution in [0.3, 0.4) is 0 Å². The third-order valence-corrected chi connectivity index (χ3v) is 5.75. The first-order chi connectivity index (χ1) is 16.5. The summed E-state index contributed by atoms with van der Waals surface area (Å²) in [7, 11) is 1.52. The highest BCUT2D eigenvalue weighted by Crippen LogP contribution is 2.43. The van der Waals surface area contributed by atoms with Gasteiger partial charge in [-0.3, -0.25) is 14.7 Å². The minimum atomic E-state index is -0.696. The van der Waals surface area contributed by atoms with Crippen molar-refractivity contribution in [1.29, 1.82) is 0 Å². The molecule has 0 unspecified atom stereocenters. The van der Waals surface area contributed by atoms with Crippen LogP contribution in [0, 0.1) is 5.92 Å². The van der Waals surface area contributed by atoms with Gasteiger partial charge in [0.2, 0.25) is 0 Å². The first kappa shape index (κ1) is 21.6. The van der Waals surface area contributed by atoms with Crippen LogP contribution in [0.15, 0.2) is 43.0 Å². The number of urea groups is 2. The molecule has 0 spiro atoms. The molecule has 4 heterocycles. The zero-order chi connectivity index (χ0) is 23.7. The molecule has 0 aliphatic carbocycles. The van der Waals surface area contributed by atoms with Gasteiger partial charge >= 0.3 is 18.0 Å². The average Bonchev–Trinajstić information content (AvgIpc) is 3.52. The van der Waals surface area contributed by atoms with Crippen molar-refractivity contribution in [2.45, 2.75) is 24.9 Å². The predicted octanol–water partition coefficient (Wildman–Crippen LogP) is 1.23. The Hall–Kier alpha value is -4.26. The number of carbonyl (C=O) groups is 3. The van der Waals surface area contributed by atoms with Crippen LogP contribution in [0.4, 0.5) is 21.1 Å². The predicted molar refractivity (Wildman–Crippen MR) is 119 cm³/mol. The summed E-state index contributed by atoms with van der Waals surface area (Å²) in [5.41, 5.74) is 1.37. The van der Waals surface area contributed by atoms with E-state index in [0.29, 0.717) is 16.9 Å². The summed E-state index contributed by atoms with van der Waals surface area (Å²) in [6.45, 7) is 0.210. The molecule has 2 aliphatic heterocycles. The van der Waals surface area contributed by atoms with Crippen LogP contribution in [0.2, 0.25) is 0 Å². The van der Waals surface area contributed by atoms with E-state index in [1.54, 1.807) is 16.7 Å². The molecule has 13 heteroatoms. The van der Waals surface area contributed by atoms with Gasteiger partial charge in [0.05, 0.1) is 18.9 Å². The third kappa shape index (κ3) is 4.08. The Kier molecular flexibility index (Phi) is 5.67. The lowest BCUT2D eigenvalue weighted by Crippen LogP contribution is -2.40. The lowest BCUT2D eigenvalue weighted by molar-refractivity contribution is -0.148. The number of imidazole rings is 1. The molecule has 0 saturated carbocycles. The number of hydrogen-bond acceptors (Lipinski definition) is 8. The number of ether oxygens (including phenoxy) is 2. The molecule has 2 aliphatic rings. The van der Waals surface area contributed by atoms with Crippen LogP contribution in [0.1, 0.15) is 12.6 Å². The van der Waals surface area contributed by atoms with Gasteiger partial charge < -0.3 is 25.4 Å². The second-order valence-corrected chi connectivity index (χ2v) is 7.84. The van der Waals surface area contributed by atoms with Gasteiger partial charge in [-0.05, 0) is 12.1 Å². The van der Waals surface area contributed by atoms with E-state index in [4.69, 9.17) is 9.47 Å². The molecule has 34 heavy (non-hydrogen) atoms. The summed E-state index contributed by atoms with van der Waals surface area (Å²) >= 11 is 0. The van der Waals surface area contributed by atoms with Crippen LogP contribution in [0.5, 0.6) is 0 Å². The molecule has 2 saturated heterocycles. The van der Waals surface area contributed by atoms with Gasteiger partial charge in [-0.1, -0.05) is 18.2 Å². The van der Waals surface area contributed by atoms with Gasteiger partial charge in [-0.15, -0.1) is 0 Å². The number of hydrogen-bond donors (Lipinski definition) is 4. The van der Waals surface area contributed by atoms with Gasteiger partial charge in [0.25, 0.3) is 0 Å². The second-order valence-electron chi connectivity index (χ2n) is 7.84. The highest BCUT2D eigenvalue weighted by Gasteiger charge is 2.53. The molecule has 2 fully saturated rings. The first-order valence-corrected chi connectivity index (χ1v) is 10.6. The largest absolute Gasteiger partial charge is 0.457 e. The third-order valence-electron chi connectivity index (χ3n) is 5.75. The standard InChI is InChI=1S/C21H22N8O5/c1-22-20(31)23-8-13-12-7-14(30)34-16(12)19(33-13)29-10-26-15-17(24-9-25-18(15)29)28-21(32)27-11-5-3-2-4-6-11/h2-6,9-10,12-13,16,19H,7-8H2,1H3,(H2,22,23,31)(H2,24,25,27,28,32)/t12-,13-,16-,19-/m1/s1. The lowest BCUT2D eigenvalue weighted by atomic mass is 9.97. The minimum Gasteiger partial charge on any atom is -0.457 e. The van der Waals surface area contributed by atoms with Crippen LogP contribution in [-0.2, 0) is 14.3 Å². The number of anilines is 2. The van der Waals surface area contributed by atoms with Crippen molar-refractivity contribution >= 4 is 40.7 Å². The number of amides is 4. The number of carbonyl (C=O) groups excluding carboxylic acids is 3. The summed E-state index contributed by atoms with van der Waals surface area (Å²) in [6, 6.07) is 8.15. The van der Waals surface area contributed by atoms with Crippen molar-refractivity contribution in [3.05, 3.63) is 43.0 Å². The van der Waals surface area contributed by atoms with Crippen molar-refractivity contribution in [1.82, 2.24) is 30.2 Å². The number of nitrogens with zero attached hydrogens (tertiary/aromatic N) is 4. The number of rotatable bonds is 5. The smallest absolute Gasteiger partial charge is 0.324 e. The van der Waals surface area contributed by atoms with E-state index >= 15 is 0 Å². The average molecular weight is 466 g/mol. The second kappa shape index (κ2) is 8.94. The summed E-state index contributed by atoms with van der Waals surface area (Å²) in [5.74, 6) is -0.344. The number of benzene rings is 1. The molecule has 2 aromatic heterocycles. The molecular weight excluding hydrogens is 444 g/mol. The molecular formula is C21H22N8O5. The molecule has 5 rings (SSSR count). The summed E-state index contributed by atoms with van der Waals surface area (Å²) in [5, 5.41) is 10.6. The Morgan fingerprint density at radius 3 is 2.74 bits per heavy atom. The highest BCUT2D eigenvalue weighted by molar-refractivity contribution is 6.02. The maximum Gasteiger partial charge on any atom is 0.324 e. The van der Waals surface area contributed by atoms with Gasteiger partial charge in [0.1, 0.15) is 6.33 Å². The molecule has 13 nitrogen and oxygen atoms in total. The van der Waals surface area contributed by atoms with Crippen LogP contribution < -0.4 is 21.3 Å². The number of esters is 1. The molecule has 4 amide bonds. The quantitative estimate of drug-likeness (QED) is 0.408. The van der Waals surface area contributed by atoms with Crippen LogP contribution in [-0.4, -0.2) is 63.4 Å². The molecule has 4 N–H and O–H groups in total. The van der Waals surface area contributed by atoms with Crippen molar-refractivity contribution in [2.75, 3.05) is 24.2 Å². The van der Waals surface area contributed by atoms with Gasteiger partial charge in [0, 0.05) is 25.2 Å². The van der Waals surface area contributed by atoms with Gasteiger partial charge in [-0.2, -0.15) is 0 Å². The first-order valence-electron chi connectivity index (χ1n) is 10.6. The normalized spacial score (nSPS) is 23.3. The van der Waals surface area contributed by atoms with E-state index in [0.717, 1.165) is 0 Å². The zero-order valence-corrected chi connectivity index (χ0v) is 18.1. The topological polar surface area (TPSA) is 161 Å². The molecule has 176 valence electrons. The molecule has 3 aromatic rings. The van der Waals surface area contributed by atoms with E-state index < -0.39 is 24.5 Å². The monoisotopic (exact) mass is 466 g/mol. The van der Waals surface area contributed by atoms with Crippen LogP contribution in [0.25, 0.3) is 11.2 Å². The fourth-order valence-corrected chi connectivity index (χ4v) is 4.19. The maximum absolute atomic E-state index is 12.4. The number of para-hydroxylation sites is 1. The number of nitrogens with one attached hydrogen (secondary N) is 4. The summed E-state index contributed by atoms with van der Waals surface area (Å²) < 4.78 is 13.3.